The Balaban J connectivity index is 1.51. The van der Waals surface area contributed by atoms with E-state index in [0.29, 0.717) is 35.4 Å². The third kappa shape index (κ3) is 4.09. The highest BCUT2D eigenvalue weighted by atomic mass is 32.1. The average molecular weight is 426 g/mol. The molecule has 1 aliphatic rings. The van der Waals surface area contributed by atoms with E-state index in [9.17, 15) is 9.59 Å². The van der Waals surface area contributed by atoms with Crippen molar-refractivity contribution >= 4 is 38.5 Å². The fourth-order valence-electron chi connectivity index (χ4n) is 3.28. The Bertz CT molecular complexity index is 1070. The minimum absolute atomic E-state index is 0.0959. The summed E-state index contributed by atoms with van der Waals surface area (Å²) < 4.78 is 12.1. The topological polar surface area (TPSA) is 89.6 Å². The second-order valence-corrected chi connectivity index (χ2v) is 8.51. The molecule has 0 bridgehead atoms. The lowest BCUT2D eigenvalue weighted by atomic mass is 10.0. The van der Waals surface area contributed by atoms with Crippen molar-refractivity contribution in [2.24, 2.45) is 5.92 Å². The molecule has 0 fully saturated rings. The molecule has 0 radical (unpaired) electrons. The molecule has 1 aliphatic heterocycles. The second-order valence-electron chi connectivity index (χ2n) is 7.48. The molecule has 30 heavy (non-hydrogen) atoms. The van der Waals surface area contributed by atoms with E-state index >= 15 is 0 Å². The molecule has 2 amide bonds. The highest BCUT2D eigenvalue weighted by molar-refractivity contribution is 7.22. The predicted octanol–water partition coefficient (Wildman–Crippen LogP) is 3.77. The Labute approximate surface area is 178 Å². The van der Waals surface area contributed by atoms with E-state index in [-0.39, 0.29) is 17.7 Å². The maximum absolute atomic E-state index is 12.9. The van der Waals surface area contributed by atoms with Gasteiger partial charge in [0.15, 0.2) is 16.6 Å². The zero-order valence-corrected chi connectivity index (χ0v) is 17.8. The van der Waals surface area contributed by atoms with Crippen LogP contribution in [0.25, 0.3) is 10.2 Å². The number of nitrogens with one attached hydrogen (secondary N) is 2. The summed E-state index contributed by atoms with van der Waals surface area (Å²) in [6.45, 7) is 6.67. The van der Waals surface area contributed by atoms with Crippen molar-refractivity contribution in [2.75, 3.05) is 18.5 Å². The van der Waals surface area contributed by atoms with E-state index in [4.69, 9.17) is 9.47 Å². The molecule has 156 valence electrons. The normalized spacial score (nSPS) is 13.9. The minimum atomic E-state index is -0.691. The number of carbonyl (C=O) groups excluding carboxylic acids is 2. The summed E-state index contributed by atoms with van der Waals surface area (Å²) in [5.41, 5.74) is 2.14. The van der Waals surface area contributed by atoms with Crippen LogP contribution in [0.15, 0.2) is 36.4 Å². The van der Waals surface area contributed by atoms with E-state index in [1.165, 1.54) is 11.3 Å². The molecule has 2 aromatic carbocycles. The number of fused-ring (bicyclic) bond motifs is 2. The monoisotopic (exact) mass is 425 g/mol. The van der Waals surface area contributed by atoms with Crippen molar-refractivity contribution in [1.29, 1.82) is 0 Å². The van der Waals surface area contributed by atoms with E-state index < -0.39 is 6.04 Å². The smallest absolute Gasteiger partial charge is 0.252 e. The van der Waals surface area contributed by atoms with E-state index in [2.05, 4.69) is 15.6 Å². The number of aryl methyl sites for hydroxylation is 1. The van der Waals surface area contributed by atoms with Crippen molar-refractivity contribution < 1.29 is 19.1 Å². The van der Waals surface area contributed by atoms with E-state index in [0.717, 1.165) is 15.8 Å². The number of ether oxygens (including phenoxy) is 2. The van der Waals surface area contributed by atoms with Gasteiger partial charge in [0.25, 0.3) is 5.91 Å². The minimum Gasteiger partial charge on any atom is -0.486 e. The lowest BCUT2D eigenvalue weighted by molar-refractivity contribution is -0.118. The Morgan fingerprint density at radius 1 is 1.10 bits per heavy atom. The number of amides is 2. The first-order chi connectivity index (χ1) is 14.4. The molecule has 1 aromatic heterocycles. The zero-order valence-electron chi connectivity index (χ0n) is 17.0. The largest absolute Gasteiger partial charge is 0.486 e. The molecule has 2 N–H and O–H groups in total. The lowest BCUT2D eigenvalue weighted by Crippen LogP contribution is -2.47. The molecule has 0 saturated heterocycles. The molecule has 0 aliphatic carbocycles. The number of anilines is 1. The van der Waals surface area contributed by atoms with E-state index in [1.54, 1.807) is 12.1 Å². The van der Waals surface area contributed by atoms with Crippen molar-refractivity contribution in [3.63, 3.8) is 0 Å². The SMILES string of the molecule is Cc1ccccc1C(=O)N[C@H](C(=O)Nc1nc2cc3c(cc2s1)OCCO3)C(C)C. The molecule has 0 saturated carbocycles. The standard InChI is InChI=1S/C22H23N3O4S/c1-12(2)19(24-20(26)14-7-5-4-6-13(14)3)21(27)25-22-23-15-10-16-17(11-18(15)30-22)29-9-8-28-16/h4-7,10-12,19H,8-9H2,1-3H3,(H,24,26)(H,23,25,27)/t19-/m0/s1. The van der Waals surface area contributed by atoms with Gasteiger partial charge in [0, 0.05) is 17.7 Å². The summed E-state index contributed by atoms with van der Waals surface area (Å²) in [5, 5.41) is 6.17. The van der Waals surface area contributed by atoms with Crippen LogP contribution in [-0.2, 0) is 4.79 Å². The van der Waals surface area contributed by atoms with Gasteiger partial charge in [-0.15, -0.1) is 0 Å². The lowest BCUT2D eigenvalue weighted by Gasteiger charge is -2.21. The maximum Gasteiger partial charge on any atom is 0.252 e. The number of hydrogen-bond donors (Lipinski definition) is 2. The maximum atomic E-state index is 12.9. The summed E-state index contributed by atoms with van der Waals surface area (Å²) >= 11 is 1.35. The van der Waals surface area contributed by atoms with Crippen LogP contribution < -0.4 is 20.1 Å². The number of rotatable bonds is 5. The van der Waals surface area contributed by atoms with Crippen LogP contribution in [0.4, 0.5) is 5.13 Å². The second kappa shape index (κ2) is 8.31. The predicted molar refractivity (Wildman–Crippen MR) is 117 cm³/mol. The van der Waals surface area contributed by atoms with Gasteiger partial charge >= 0.3 is 0 Å². The Morgan fingerprint density at radius 3 is 2.50 bits per heavy atom. The van der Waals surface area contributed by atoms with Crippen LogP contribution in [-0.4, -0.2) is 36.1 Å². The zero-order chi connectivity index (χ0) is 21.3. The highest BCUT2D eigenvalue weighted by Gasteiger charge is 2.26. The van der Waals surface area contributed by atoms with Crippen molar-refractivity contribution in [1.82, 2.24) is 10.3 Å². The summed E-state index contributed by atoms with van der Waals surface area (Å²) in [6.07, 6.45) is 0. The van der Waals surface area contributed by atoms with Crippen LogP contribution >= 0.6 is 11.3 Å². The molecule has 7 nitrogen and oxygen atoms in total. The molecule has 0 spiro atoms. The fraction of sp³-hybridized carbons (Fsp3) is 0.318. The third-order valence-electron chi connectivity index (χ3n) is 4.91. The van der Waals surface area contributed by atoms with Gasteiger partial charge in [-0.05, 0) is 24.5 Å². The molecular weight excluding hydrogens is 402 g/mol. The molecule has 4 rings (SSSR count). The molecule has 3 aromatic rings. The van der Waals surface area contributed by atoms with Gasteiger partial charge in [-0.1, -0.05) is 43.4 Å². The van der Waals surface area contributed by atoms with Crippen LogP contribution in [0.5, 0.6) is 11.5 Å². The summed E-state index contributed by atoms with van der Waals surface area (Å²) in [4.78, 5) is 30.1. The molecule has 2 heterocycles. The van der Waals surface area contributed by atoms with E-state index in [1.807, 2.05) is 45.0 Å². The molecule has 0 unspecified atom stereocenters. The van der Waals surface area contributed by atoms with Crippen molar-refractivity contribution in [3.8, 4) is 11.5 Å². The van der Waals surface area contributed by atoms with Gasteiger partial charge in [0.2, 0.25) is 5.91 Å². The number of carbonyl (C=O) groups is 2. The fourth-order valence-corrected chi connectivity index (χ4v) is 4.16. The molecule has 8 heteroatoms. The average Bonchev–Trinajstić information content (AvgIpc) is 3.10. The van der Waals surface area contributed by atoms with Crippen LogP contribution in [0.1, 0.15) is 29.8 Å². The number of benzene rings is 2. The highest BCUT2D eigenvalue weighted by Crippen LogP contribution is 2.37. The summed E-state index contributed by atoms with van der Waals surface area (Å²) in [7, 11) is 0. The Kier molecular flexibility index (Phi) is 5.59. The summed E-state index contributed by atoms with van der Waals surface area (Å²) in [5.74, 6) is 0.668. The van der Waals surface area contributed by atoms with Crippen LogP contribution in [0.3, 0.4) is 0 Å². The first-order valence-electron chi connectivity index (χ1n) is 9.80. The Hall–Kier alpha value is -3.13. The third-order valence-corrected chi connectivity index (χ3v) is 5.84. The van der Waals surface area contributed by atoms with Crippen LogP contribution in [0, 0.1) is 12.8 Å². The number of hydrogen-bond acceptors (Lipinski definition) is 6. The quantitative estimate of drug-likeness (QED) is 0.650. The number of nitrogens with zero attached hydrogens (tertiary/aromatic N) is 1. The van der Waals surface area contributed by atoms with Gasteiger partial charge in [-0.2, -0.15) is 0 Å². The van der Waals surface area contributed by atoms with Crippen molar-refractivity contribution in [2.45, 2.75) is 26.8 Å². The van der Waals surface area contributed by atoms with Gasteiger partial charge in [-0.3, -0.25) is 9.59 Å². The molecule has 1 atom stereocenters. The summed E-state index contributed by atoms with van der Waals surface area (Å²) in [6, 6.07) is 10.3. The van der Waals surface area contributed by atoms with Gasteiger partial charge in [-0.25, -0.2) is 4.98 Å². The Morgan fingerprint density at radius 2 is 1.80 bits per heavy atom. The van der Waals surface area contributed by atoms with Gasteiger partial charge < -0.3 is 20.1 Å². The van der Waals surface area contributed by atoms with Gasteiger partial charge in [0.1, 0.15) is 19.3 Å². The van der Waals surface area contributed by atoms with Gasteiger partial charge in [0.05, 0.1) is 10.2 Å². The van der Waals surface area contributed by atoms with Crippen LogP contribution in [0.2, 0.25) is 0 Å². The van der Waals surface area contributed by atoms with Crippen molar-refractivity contribution in [3.05, 3.63) is 47.5 Å². The first-order valence-corrected chi connectivity index (χ1v) is 10.6. The number of thiazole rings is 1. The first kappa shape index (κ1) is 20.2. The number of aromatic nitrogens is 1. The molecular formula is C22H23N3O4S.